The number of hydrogen-bond acceptors (Lipinski definition) is 6. The average Bonchev–Trinajstić information content (AvgIpc) is 3.22. The molecular formula is C24H25N7O2. The summed E-state index contributed by atoms with van der Waals surface area (Å²) in [4.78, 5) is 19.4. The molecule has 3 aromatic heterocycles. The van der Waals surface area contributed by atoms with Gasteiger partial charge in [-0.25, -0.2) is 14.3 Å². The number of aromatic amines is 1. The van der Waals surface area contributed by atoms with Crippen molar-refractivity contribution in [1.82, 2.24) is 29.7 Å². The third-order valence-corrected chi connectivity index (χ3v) is 6.26. The van der Waals surface area contributed by atoms with E-state index in [1.54, 1.807) is 9.42 Å². The van der Waals surface area contributed by atoms with Crippen molar-refractivity contribution in [3.63, 3.8) is 0 Å². The molecule has 2 aliphatic rings. The second kappa shape index (κ2) is 8.23. The molecule has 4 aromatic rings. The van der Waals surface area contributed by atoms with E-state index in [1.807, 2.05) is 54.7 Å². The van der Waals surface area contributed by atoms with Gasteiger partial charge in [-0.3, -0.25) is 10.00 Å². The fourth-order valence-corrected chi connectivity index (χ4v) is 4.37. The number of nitrogens with zero attached hydrogens (tertiary/aromatic N) is 5. The van der Waals surface area contributed by atoms with Crippen LogP contribution in [0.5, 0.6) is 0 Å². The molecule has 1 aromatic carbocycles. The summed E-state index contributed by atoms with van der Waals surface area (Å²) in [5.74, 6) is 2.59. The maximum absolute atomic E-state index is 12.9. The molecule has 9 nitrogen and oxygen atoms in total. The number of aromatic nitrogens is 5. The molecule has 0 unspecified atom stereocenters. The van der Waals surface area contributed by atoms with Gasteiger partial charge in [-0.15, -0.1) is 0 Å². The van der Waals surface area contributed by atoms with Crippen LogP contribution >= 0.6 is 0 Å². The Bertz CT molecular complexity index is 1280. The van der Waals surface area contributed by atoms with Gasteiger partial charge in [-0.05, 0) is 43.4 Å². The third-order valence-electron chi connectivity index (χ3n) is 6.26. The molecule has 6 rings (SSSR count). The fraction of sp³-hybridized carbons (Fsp3) is 0.333. The van der Waals surface area contributed by atoms with Crippen LogP contribution in [0.1, 0.15) is 54.7 Å². The van der Waals surface area contributed by atoms with Gasteiger partial charge in [0, 0.05) is 30.4 Å². The maximum Gasteiger partial charge on any atom is 0.410 e. The molecule has 1 aliphatic heterocycles. The predicted octanol–water partition coefficient (Wildman–Crippen LogP) is 4.55. The SMILES string of the molecule is O=C(OCc1ccccc1)N1CCC[C@@H]1c1nc(Nc2cc(C3CC3)[nH]n2)c2cccn2n1. The first kappa shape index (κ1) is 19.8. The standard InChI is InChI=1S/C24H25N7O2/c32-24(33-15-16-6-2-1-3-7-16)30-12-4-8-19(30)23-26-22(20-9-5-13-31(20)29-23)25-21-14-18(27-28-21)17-10-11-17/h1-3,5-7,9,13-14,17,19H,4,8,10-12,15H2,(H2,25,26,27,28,29)/t19-/m1/s1. The van der Waals surface area contributed by atoms with Crippen LogP contribution in [-0.2, 0) is 11.3 Å². The maximum atomic E-state index is 12.9. The van der Waals surface area contributed by atoms with Crippen molar-refractivity contribution in [2.45, 2.75) is 44.2 Å². The van der Waals surface area contributed by atoms with Crippen molar-refractivity contribution in [3.05, 3.63) is 71.8 Å². The summed E-state index contributed by atoms with van der Waals surface area (Å²) in [6.07, 6.45) is 5.64. The van der Waals surface area contributed by atoms with E-state index in [-0.39, 0.29) is 18.7 Å². The molecule has 4 heterocycles. The second-order valence-electron chi connectivity index (χ2n) is 8.66. The average molecular weight is 444 g/mol. The van der Waals surface area contributed by atoms with Crippen molar-refractivity contribution in [2.75, 3.05) is 11.9 Å². The summed E-state index contributed by atoms with van der Waals surface area (Å²) in [6.45, 7) is 0.869. The molecule has 1 saturated carbocycles. The lowest BCUT2D eigenvalue weighted by Crippen LogP contribution is -2.32. The first-order valence-corrected chi connectivity index (χ1v) is 11.4. The predicted molar refractivity (Wildman–Crippen MR) is 122 cm³/mol. The molecule has 1 aliphatic carbocycles. The summed E-state index contributed by atoms with van der Waals surface area (Å²) in [5, 5.41) is 15.6. The van der Waals surface area contributed by atoms with Crippen LogP contribution in [-0.4, -0.2) is 42.3 Å². The number of likely N-dealkylation sites (tertiary alicyclic amines) is 1. The summed E-state index contributed by atoms with van der Waals surface area (Å²) < 4.78 is 7.38. The Morgan fingerprint density at radius 1 is 1.15 bits per heavy atom. The number of carbonyl (C=O) groups excluding carboxylic acids is 1. The Kier molecular flexibility index (Phi) is 4.93. The highest BCUT2D eigenvalue weighted by Crippen LogP contribution is 2.40. The first-order valence-electron chi connectivity index (χ1n) is 11.4. The zero-order valence-corrected chi connectivity index (χ0v) is 18.1. The monoisotopic (exact) mass is 443 g/mol. The fourth-order valence-electron chi connectivity index (χ4n) is 4.37. The number of benzene rings is 1. The van der Waals surface area contributed by atoms with Crippen molar-refractivity contribution in [1.29, 1.82) is 0 Å². The van der Waals surface area contributed by atoms with E-state index < -0.39 is 0 Å². The number of anilines is 2. The Morgan fingerprint density at radius 2 is 2.03 bits per heavy atom. The van der Waals surface area contributed by atoms with Gasteiger partial charge in [0.2, 0.25) is 0 Å². The second-order valence-corrected chi connectivity index (χ2v) is 8.66. The highest BCUT2D eigenvalue weighted by Gasteiger charge is 2.34. The number of amides is 1. The summed E-state index contributed by atoms with van der Waals surface area (Å²) in [6, 6.07) is 15.4. The van der Waals surface area contributed by atoms with E-state index in [0.717, 1.165) is 35.4 Å². The van der Waals surface area contributed by atoms with Gasteiger partial charge >= 0.3 is 6.09 Å². The molecule has 2 N–H and O–H groups in total. The van der Waals surface area contributed by atoms with Gasteiger partial charge in [0.05, 0.1) is 6.04 Å². The van der Waals surface area contributed by atoms with Crippen molar-refractivity contribution in [2.24, 2.45) is 0 Å². The Morgan fingerprint density at radius 3 is 2.88 bits per heavy atom. The van der Waals surface area contributed by atoms with Crippen LogP contribution < -0.4 is 5.32 Å². The van der Waals surface area contributed by atoms with Gasteiger partial charge in [0.1, 0.15) is 12.1 Å². The summed E-state index contributed by atoms with van der Waals surface area (Å²) in [7, 11) is 0. The minimum atomic E-state index is -0.339. The van der Waals surface area contributed by atoms with Crippen molar-refractivity contribution in [3.8, 4) is 0 Å². The Labute approximate surface area is 190 Å². The molecule has 168 valence electrons. The van der Waals surface area contributed by atoms with Gasteiger partial charge in [-0.2, -0.15) is 10.2 Å². The van der Waals surface area contributed by atoms with E-state index in [9.17, 15) is 4.79 Å². The minimum absolute atomic E-state index is 0.234. The molecule has 0 radical (unpaired) electrons. The zero-order valence-electron chi connectivity index (χ0n) is 18.1. The van der Waals surface area contributed by atoms with Gasteiger partial charge < -0.3 is 10.1 Å². The summed E-state index contributed by atoms with van der Waals surface area (Å²) in [5.41, 5.74) is 2.97. The van der Waals surface area contributed by atoms with E-state index in [4.69, 9.17) is 14.8 Å². The molecule has 2 fully saturated rings. The lowest BCUT2D eigenvalue weighted by molar-refractivity contribution is 0.0907. The van der Waals surface area contributed by atoms with Crippen LogP contribution in [0.2, 0.25) is 0 Å². The van der Waals surface area contributed by atoms with E-state index >= 15 is 0 Å². The number of fused-ring (bicyclic) bond motifs is 1. The van der Waals surface area contributed by atoms with E-state index in [0.29, 0.717) is 24.1 Å². The first-order chi connectivity index (χ1) is 16.2. The molecule has 33 heavy (non-hydrogen) atoms. The van der Waals surface area contributed by atoms with Gasteiger partial charge in [0.25, 0.3) is 0 Å². The molecule has 0 spiro atoms. The van der Waals surface area contributed by atoms with Crippen LogP contribution in [0, 0.1) is 0 Å². The highest BCUT2D eigenvalue weighted by molar-refractivity contribution is 5.72. The normalized spacial score (nSPS) is 18.1. The number of hydrogen-bond donors (Lipinski definition) is 2. The van der Waals surface area contributed by atoms with Crippen LogP contribution in [0.4, 0.5) is 16.4 Å². The summed E-state index contributed by atoms with van der Waals surface area (Å²) >= 11 is 0. The topological polar surface area (TPSA) is 100 Å². The van der Waals surface area contributed by atoms with Crippen molar-refractivity contribution >= 4 is 23.2 Å². The number of H-pyrrole nitrogens is 1. The van der Waals surface area contributed by atoms with Crippen LogP contribution in [0.15, 0.2) is 54.7 Å². The number of carbonyl (C=O) groups is 1. The molecule has 1 saturated heterocycles. The van der Waals surface area contributed by atoms with Crippen molar-refractivity contribution < 1.29 is 9.53 Å². The lowest BCUT2D eigenvalue weighted by atomic mass is 10.2. The molecule has 0 bridgehead atoms. The van der Waals surface area contributed by atoms with Gasteiger partial charge in [0.15, 0.2) is 17.5 Å². The molecule has 1 atom stereocenters. The zero-order chi connectivity index (χ0) is 22.2. The highest BCUT2D eigenvalue weighted by atomic mass is 16.6. The molecular weight excluding hydrogens is 418 g/mol. The third kappa shape index (κ3) is 4.02. The smallest absolute Gasteiger partial charge is 0.410 e. The Balaban J connectivity index is 1.24. The van der Waals surface area contributed by atoms with E-state index in [2.05, 4.69) is 15.5 Å². The van der Waals surface area contributed by atoms with Crippen LogP contribution in [0.3, 0.4) is 0 Å². The number of nitrogens with one attached hydrogen (secondary N) is 2. The number of ether oxygens (including phenoxy) is 1. The Hall–Kier alpha value is -3.88. The van der Waals surface area contributed by atoms with Crippen LogP contribution in [0.25, 0.3) is 5.52 Å². The van der Waals surface area contributed by atoms with E-state index in [1.165, 1.54) is 12.8 Å². The molecule has 1 amide bonds. The lowest BCUT2D eigenvalue weighted by Gasteiger charge is -2.23. The molecule has 9 heteroatoms. The minimum Gasteiger partial charge on any atom is -0.445 e. The largest absolute Gasteiger partial charge is 0.445 e. The number of rotatable bonds is 6. The quantitative estimate of drug-likeness (QED) is 0.454. The van der Waals surface area contributed by atoms with Gasteiger partial charge in [-0.1, -0.05) is 30.3 Å².